The van der Waals surface area contributed by atoms with Crippen molar-refractivity contribution in [3.63, 3.8) is 0 Å². The fourth-order valence-corrected chi connectivity index (χ4v) is 2.84. The fraction of sp³-hybridized carbons (Fsp3) is 0.632. The summed E-state index contributed by atoms with van der Waals surface area (Å²) < 4.78 is 10.8. The van der Waals surface area contributed by atoms with Crippen LogP contribution >= 0.6 is 12.4 Å². The minimum absolute atomic E-state index is 0. The SMILES string of the molecule is CCOCCOCc1cccc(CNC(=O)CN2CCNC[C@H]2C)c1.Cl. The normalized spacial score (nSPS) is 17.5. The second-order valence-corrected chi connectivity index (χ2v) is 6.37. The van der Waals surface area contributed by atoms with Crippen LogP contribution in [0.1, 0.15) is 25.0 Å². The number of nitrogens with zero attached hydrogens (tertiary/aromatic N) is 1. The number of carbonyl (C=O) groups excluding carboxylic acids is 1. The highest BCUT2D eigenvalue weighted by atomic mass is 35.5. The van der Waals surface area contributed by atoms with E-state index in [-0.39, 0.29) is 18.3 Å². The van der Waals surface area contributed by atoms with E-state index in [4.69, 9.17) is 9.47 Å². The first-order valence-electron chi connectivity index (χ1n) is 9.13. The lowest BCUT2D eigenvalue weighted by molar-refractivity contribution is -0.123. The van der Waals surface area contributed by atoms with Crippen molar-refractivity contribution in [3.8, 4) is 0 Å². The summed E-state index contributed by atoms with van der Waals surface area (Å²) in [5.74, 6) is 0.0760. The lowest BCUT2D eigenvalue weighted by atomic mass is 10.1. The molecule has 0 spiro atoms. The van der Waals surface area contributed by atoms with E-state index in [1.54, 1.807) is 0 Å². The standard InChI is InChI=1S/C19H31N3O3.ClH/c1-3-24-9-10-25-15-18-6-4-5-17(11-18)13-21-19(23)14-22-8-7-20-12-16(22)2;/h4-6,11,16,20H,3,7-10,12-15H2,1-2H3,(H,21,23);1H/t16-;/m1./s1. The van der Waals surface area contributed by atoms with Crippen molar-refractivity contribution in [1.82, 2.24) is 15.5 Å². The third-order valence-electron chi connectivity index (χ3n) is 4.31. The Balaban J connectivity index is 0.00000338. The van der Waals surface area contributed by atoms with Gasteiger partial charge in [0.05, 0.1) is 26.4 Å². The lowest BCUT2D eigenvalue weighted by Gasteiger charge is -2.33. The van der Waals surface area contributed by atoms with E-state index in [9.17, 15) is 4.79 Å². The Kier molecular flexibility index (Phi) is 11.5. The number of benzene rings is 1. The minimum atomic E-state index is 0. The van der Waals surface area contributed by atoms with Crippen LogP contribution in [-0.4, -0.2) is 62.8 Å². The highest BCUT2D eigenvalue weighted by Crippen LogP contribution is 2.07. The zero-order valence-corrected chi connectivity index (χ0v) is 16.6. The molecule has 1 heterocycles. The van der Waals surface area contributed by atoms with Crippen molar-refractivity contribution in [2.75, 3.05) is 46.0 Å². The summed E-state index contributed by atoms with van der Waals surface area (Å²) >= 11 is 0. The van der Waals surface area contributed by atoms with Crippen molar-refractivity contribution in [2.45, 2.75) is 33.0 Å². The topological polar surface area (TPSA) is 62.8 Å². The van der Waals surface area contributed by atoms with E-state index in [2.05, 4.69) is 28.5 Å². The zero-order valence-electron chi connectivity index (χ0n) is 15.8. The minimum Gasteiger partial charge on any atom is -0.379 e. The van der Waals surface area contributed by atoms with Gasteiger partial charge in [-0.3, -0.25) is 9.69 Å². The van der Waals surface area contributed by atoms with Crippen molar-refractivity contribution in [1.29, 1.82) is 0 Å². The van der Waals surface area contributed by atoms with Gasteiger partial charge in [0, 0.05) is 38.8 Å². The molecule has 0 bridgehead atoms. The van der Waals surface area contributed by atoms with Gasteiger partial charge in [-0.15, -0.1) is 12.4 Å². The molecule has 1 saturated heterocycles. The van der Waals surface area contributed by atoms with Crippen LogP contribution in [0.2, 0.25) is 0 Å². The summed E-state index contributed by atoms with van der Waals surface area (Å²) in [6, 6.07) is 8.54. The Morgan fingerprint density at radius 2 is 2.08 bits per heavy atom. The molecular weight excluding hydrogens is 354 g/mol. The first kappa shape index (κ1) is 22.9. The van der Waals surface area contributed by atoms with E-state index < -0.39 is 0 Å². The maximum Gasteiger partial charge on any atom is 0.234 e. The fourth-order valence-electron chi connectivity index (χ4n) is 2.84. The predicted octanol–water partition coefficient (Wildman–Crippen LogP) is 1.57. The average molecular weight is 386 g/mol. The Morgan fingerprint density at radius 1 is 1.31 bits per heavy atom. The molecule has 1 aliphatic heterocycles. The van der Waals surface area contributed by atoms with Crippen LogP contribution < -0.4 is 10.6 Å². The van der Waals surface area contributed by atoms with Crippen LogP contribution in [0, 0.1) is 0 Å². The first-order chi connectivity index (χ1) is 12.2. The smallest absolute Gasteiger partial charge is 0.234 e. The number of ether oxygens (including phenoxy) is 2. The molecule has 1 amide bonds. The monoisotopic (exact) mass is 385 g/mol. The molecule has 26 heavy (non-hydrogen) atoms. The summed E-state index contributed by atoms with van der Waals surface area (Å²) in [4.78, 5) is 14.4. The molecule has 148 valence electrons. The van der Waals surface area contributed by atoms with Crippen molar-refractivity contribution >= 4 is 18.3 Å². The maximum atomic E-state index is 12.2. The lowest BCUT2D eigenvalue weighted by Crippen LogP contribution is -2.52. The predicted molar refractivity (Wildman–Crippen MR) is 106 cm³/mol. The Labute approximate surface area is 163 Å². The summed E-state index contributed by atoms with van der Waals surface area (Å²) in [5, 5.41) is 6.35. The molecule has 6 nitrogen and oxygen atoms in total. The van der Waals surface area contributed by atoms with Gasteiger partial charge in [-0.25, -0.2) is 0 Å². The molecule has 1 atom stereocenters. The molecule has 2 N–H and O–H groups in total. The largest absolute Gasteiger partial charge is 0.379 e. The van der Waals surface area contributed by atoms with Gasteiger partial charge in [0.15, 0.2) is 0 Å². The van der Waals surface area contributed by atoms with Gasteiger partial charge in [-0.1, -0.05) is 24.3 Å². The Hall–Kier alpha value is -1.18. The van der Waals surface area contributed by atoms with E-state index >= 15 is 0 Å². The van der Waals surface area contributed by atoms with Crippen LogP contribution in [0.5, 0.6) is 0 Å². The van der Waals surface area contributed by atoms with Gasteiger partial charge in [-0.2, -0.15) is 0 Å². The van der Waals surface area contributed by atoms with E-state index in [0.29, 0.717) is 45.6 Å². The molecule has 0 aromatic heterocycles. The van der Waals surface area contributed by atoms with Gasteiger partial charge in [-0.05, 0) is 25.0 Å². The number of piperazine rings is 1. The summed E-state index contributed by atoms with van der Waals surface area (Å²) in [6.45, 7) is 10.4. The Morgan fingerprint density at radius 3 is 2.85 bits per heavy atom. The van der Waals surface area contributed by atoms with E-state index in [0.717, 1.165) is 30.8 Å². The van der Waals surface area contributed by atoms with Crippen molar-refractivity contribution in [3.05, 3.63) is 35.4 Å². The number of rotatable bonds is 10. The average Bonchev–Trinajstić information content (AvgIpc) is 2.62. The molecule has 1 aromatic rings. The number of amides is 1. The molecule has 2 rings (SSSR count). The van der Waals surface area contributed by atoms with Crippen LogP contribution in [0.3, 0.4) is 0 Å². The molecule has 1 aromatic carbocycles. The summed E-state index contributed by atoms with van der Waals surface area (Å²) in [7, 11) is 0. The van der Waals surface area contributed by atoms with Crippen molar-refractivity contribution < 1.29 is 14.3 Å². The molecule has 1 aliphatic rings. The van der Waals surface area contributed by atoms with Crippen LogP contribution in [0.4, 0.5) is 0 Å². The molecule has 1 fully saturated rings. The van der Waals surface area contributed by atoms with Gasteiger partial charge in [0.2, 0.25) is 5.91 Å². The summed E-state index contributed by atoms with van der Waals surface area (Å²) in [6.07, 6.45) is 0. The quantitative estimate of drug-likeness (QED) is 0.599. The van der Waals surface area contributed by atoms with Gasteiger partial charge >= 0.3 is 0 Å². The molecular formula is C19H32ClN3O3. The second-order valence-electron chi connectivity index (χ2n) is 6.37. The van der Waals surface area contributed by atoms with Gasteiger partial charge in [0.1, 0.15) is 0 Å². The number of hydrogen-bond acceptors (Lipinski definition) is 5. The number of nitrogens with one attached hydrogen (secondary N) is 2. The molecule has 0 aliphatic carbocycles. The third kappa shape index (κ3) is 8.47. The summed E-state index contributed by atoms with van der Waals surface area (Å²) in [5.41, 5.74) is 2.20. The van der Waals surface area contributed by atoms with Crippen molar-refractivity contribution in [2.24, 2.45) is 0 Å². The van der Waals surface area contributed by atoms with Gasteiger partial charge in [0.25, 0.3) is 0 Å². The molecule has 0 unspecified atom stereocenters. The maximum absolute atomic E-state index is 12.2. The molecule has 0 saturated carbocycles. The Bertz CT molecular complexity index is 531. The first-order valence-corrected chi connectivity index (χ1v) is 9.13. The van der Waals surface area contributed by atoms with Crippen LogP contribution in [0.25, 0.3) is 0 Å². The second kappa shape index (κ2) is 13.1. The number of halogens is 1. The van der Waals surface area contributed by atoms with Gasteiger partial charge < -0.3 is 20.1 Å². The highest BCUT2D eigenvalue weighted by Gasteiger charge is 2.19. The zero-order chi connectivity index (χ0) is 17.9. The molecule has 7 heteroatoms. The van der Waals surface area contributed by atoms with Crippen LogP contribution in [0.15, 0.2) is 24.3 Å². The third-order valence-corrected chi connectivity index (χ3v) is 4.31. The highest BCUT2D eigenvalue weighted by molar-refractivity contribution is 5.85. The number of carbonyl (C=O) groups is 1. The van der Waals surface area contributed by atoms with E-state index in [1.807, 2.05) is 25.1 Å². The van der Waals surface area contributed by atoms with Crippen LogP contribution in [-0.2, 0) is 27.4 Å². The molecule has 0 radical (unpaired) electrons. The number of hydrogen-bond donors (Lipinski definition) is 2. The van der Waals surface area contributed by atoms with E-state index in [1.165, 1.54) is 0 Å².